The molecule has 1 heterocycles. The van der Waals surface area contributed by atoms with Gasteiger partial charge in [-0.2, -0.15) is 10.5 Å². The smallest absolute Gasteiger partial charge is 0.318 e. The molecule has 0 aromatic carbocycles. The zero-order valence-corrected chi connectivity index (χ0v) is 12.0. The van der Waals surface area contributed by atoms with Gasteiger partial charge in [0.15, 0.2) is 0 Å². The Balaban J connectivity index is 3.39. The molecular formula is C14H13N3O2S. The molecule has 1 aromatic rings. The monoisotopic (exact) mass is 287 g/mol. The van der Waals surface area contributed by atoms with Crippen molar-refractivity contribution in [2.75, 3.05) is 12.9 Å². The van der Waals surface area contributed by atoms with E-state index < -0.39 is 11.9 Å². The molecular weight excluding hydrogens is 274 g/mol. The predicted octanol–water partition coefficient (Wildman–Crippen LogP) is 2.39. The van der Waals surface area contributed by atoms with E-state index in [2.05, 4.69) is 4.98 Å². The fourth-order valence-electron chi connectivity index (χ4n) is 1.68. The topological polar surface area (TPSA) is 86.8 Å². The lowest BCUT2D eigenvalue weighted by Crippen LogP contribution is -2.18. The lowest BCUT2D eigenvalue weighted by molar-refractivity contribution is -0.143. The fourth-order valence-corrected chi connectivity index (χ4v) is 2.44. The minimum atomic E-state index is -0.776. The molecule has 0 saturated heterocycles. The summed E-state index contributed by atoms with van der Waals surface area (Å²) >= 11 is 1.20. The van der Waals surface area contributed by atoms with Crippen LogP contribution in [-0.2, 0) is 9.53 Å². The Morgan fingerprint density at radius 2 is 2.00 bits per heavy atom. The number of esters is 1. The number of thioether (sulfide) groups is 1. The van der Waals surface area contributed by atoms with E-state index in [1.807, 2.05) is 12.1 Å². The van der Waals surface area contributed by atoms with E-state index in [1.54, 1.807) is 37.7 Å². The molecule has 20 heavy (non-hydrogen) atoms. The van der Waals surface area contributed by atoms with Gasteiger partial charge in [0.1, 0.15) is 23.6 Å². The molecule has 102 valence electrons. The third-order valence-electron chi connectivity index (χ3n) is 2.51. The molecule has 0 saturated carbocycles. The van der Waals surface area contributed by atoms with Crippen molar-refractivity contribution in [2.24, 2.45) is 0 Å². The van der Waals surface area contributed by atoms with Gasteiger partial charge in [0, 0.05) is 17.3 Å². The Morgan fingerprint density at radius 1 is 1.40 bits per heavy atom. The predicted molar refractivity (Wildman–Crippen MR) is 75.4 cm³/mol. The van der Waals surface area contributed by atoms with Crippen molar-refractivity contribution in [2.45, 2.75) is 12.8 Å². The second-order valence-corrected chi connectivity index (χ2v) is 4.48. The number of ether oxygens (including phenoxy) is 1. The molecule has 6 heteroatoms. The van der Waals surface area contributed by atoms with Crippen LogP contribution in [0.1, 0.15) is 18.4 Å². The summed E-state index contributed by atoms with van der Waals surface area (Å²) in [5, 5.41) is 18.1. The van der Waals surface area contributed by atoms with Crippen LogP contribution in [0, 0.1) is 22.7 Å². The van der Waals surface area contributed by atoms with E-state index in [1.165, 1.54) is 11.8 Å². The summed E-state index contributed by atoms with van der Waals surface area (Å²) in [6.07, 6.45) is 4.83. The van der Waals surface area contributed by atoms with E-state index in [0.717, 1.165) is 0 Å². The summed E-state index contributed by atoms with van der Waals surface area (Å²) in [5.41, 5.74) is 0.568. The van der Waals surface area contributed by atoms with Crippen molar-refractivity contribution in [3.8, 4) is 12.1 Å². The maximum atomic E-state index is 12.2. The average molecular weight is 287 g/mol. The van der Waals surface area contributed by atoms with Gasteiger partial charge in [0.05, 0.1) is 6.61 Å². The molecule has 1 atom stereocenters. The summed E-state index contributed by atoms with van der Waals surface area (Å²) < 4.78 is 5.05. The number of pyridine rings is 1. The highest BCUT2D eigenvalue weighted by molar-refractivity contribution is 8.02. The summed E-state index contributed by atoms with van der Waals surface area (Å²) in [6, 6.07) is 6.99. The van der Waals surface area contributed by atoms with Gasteiger partial charge in [-0.05, 0) is 30.9 Å². The van der Waals surface area contributed by atoms with Crippen LogP contribution in [0.3, 0.4) is 0 Å². The molecule has 0 bridgehead atoms. The number of allylic oxidation sites excluding steroid dienone is 1. The van der Waals surface area contributed by atoms with Gasteiger partial charge in [-0.15, -0.1) is 11.8 Å². The van der Waals surface area contributed by atoms with Gasteiger partial charge in [0.2, 0.25) is 0 Å². The van der Waals surface area contributed by atoms with Crippen LogP contribution in [0.5, 0.6) is 0 Å². The zero-order chi connectivity index (χ0) is 15.0. The van der Waals surface area contributed by atoms with Gasteiger partial charge in [-0.25, -0.2) is 0 Å². The van der Waals surface area contributed by atoms with Crippen LogP contribution in [-0.4, -0.2) is 23.8 Å². The first-order valence-electron chi connectivity index (χ1n) is 5.84. The molecule has 0 N–H and O–H groups in total. The first-order valence-corrected chi connectivity index (χ1v) is 7.06. The molecule has 0 radical (unpaired) electrons. The molecule has 1 aromatic heterocycles. The van der Waals surface area contributed by atoms with E-state index in [0.29, 0.717) is 10.5 Å². The van der Waals surface area contributed by atoms with Crippen LogP contribution in [0.2, 0.25) is 0 Å². The molecule has 0 aliphatic heterocycles. The third kappa shape index (κ3) is 3.59. The minimum Gasteiger partial charge on any atom is -0.465 e. The Hall–Kier alpha value is -2.31. The molecule has 0 spiro atoms. The molecule has 0 aliphatic rings. The van der Waals surface area contributed by atoms with E-state index in [4.69, 9.17) is 15.3 Å². The highest BCUT2D eigenvalue weighted by Gasteiger charge is 2.28. The summed E-state index contributed by atoms with van der Waals surface area (Å²) in [7, 11) is 0. The molecule has 5 nitrogen and oxygen atoms in total. The quantitative estimate of drug-likeness (QED) is 0.610. The summed E-state index contributed by atoms with van der Waals surface area (Å²) in [6.45, 7) is 1.94. The largest absolute Gasteiger partial charge is 0.465 e. The van der Waals surface area contributed by atoms with Crippen molar-refractivity contribution in [1.29, 1.82) is 10.5 Å². The normalized spacial score (nSPS) is 10.8. The van der Waals surface area contributed by atoms with Crippen molar-refractivity contribution < 1.29 is 9.53 Å². The Labute approximate surface area is 121 Å². The Bertz CT molecular complexity index is 569. The fraction of sp³-hybridized carbons (Fsp3) is 0.286. The van der Waals surface area contributed by atoms with Crippen LogP contribution in [0.4, 0.5) is 0 Å². The standard InChI is InChI=1S/C14H13N3O2S/c1-3-19-14(18)12(10-4-6-17-7-5-10)13(20-2)11(8-15)9-16/h4-7,12H,3H2,1-2H3. The van der Waals surface area contributed by atoms with Crippen molar-refractivity contribution >= 4 is 17.7 Å². The van der Waals surface area contributed by atoms with E-state index in [9.17, 15) is 4.79 Å². The Kier molecular flexibility index (Phi) is 6.28. The van der Waals surface area contributed by atoms with Crippen molar-refractivity contribution in [3.05, 3.63) is 40.6 Å². The maximum absolute atomic E-state index is 12.2. The van der Waals surface area contributed by atoms with Crippen LogP contribution in [0.15, 0.2) is 35.0 Å². The van der Waals surface area contributed by atoms with Crippen LogP contribution >= 0.6 is 11.8 Å². The lowest BCUT2D eigenvalue weighted by atomic mass is 9.97. The number of aromatic nitrogens is 1. The summed E-state index contributed by atoms with van der Waals surface area (Å²) in [5.74, 6) is -1.26. The number of carbonyl (C=O) groups excluding carboxylic acids is 1. The van der Waals surface area contributed by atoms with Gasteiger partial charge in [0.25, 0.3) is 0 Å². The first kappa shape index (κ1) is 15.7. The van der Waals surface area contributed by atoms with Gasteiger partial charge in [-0.1, -0.05) is 0 Å². The molecule has 1 unspecified atom stereocenters. The van der Waals surface area contributed by atoms with Crippen molar-refractivity contribution in [3.63, 3.8) is 0 Å². The number of rotatable bonds is 5. The van der Waals surface area contributed by atoms with Gasteiger partial charge < -0.3 is 4.74 Å². The third-order valence-corrected chi connectivity index (χ3v) is 3.39. The number of hydrogen-bond acceptors (Lipinski definition) is 6. The molecule has 0 aliphatic carbocycles. The van der Waals surface area contributed by atoms with E-state index in [-0.39, 0.29) is 12.2 Å². The number of nitrogens with zero attached hydrogens (tertiary/aromatic N) is 3. The van der Waals surface area contributed by atoms with Gasteiger partial charge >= 0.3 is 5.97 Å². The molecule has 0 fully saturated rings. The highest BCUT2D eigenvalue weighted by atomic mass is 32.2. The van der Waals surface area contributed by atoms with E-state index >= 15 is 0 Å². The second-order valence-electron chi connectivity index (χ2n) is 3.63. The highest BCUT2D eigenvalue weighted by Crippen LogP contribution is 2.34. The van der Waals surface area contributed by atoms with Crippen molar-refractivity contribution in [1.82, 2.24) is 4.98 Å². The van der Waals surface area contributed by atoms with Crippen LogP contribution in [0.25, 0.3) is 0 Å². The number of carbonyl (C=O) groups is 1. The first-order chi connectivity index (χ1) is 9.69. The maximum Gasteiger partial charge on any atom is 0.318 e. The number of nitriles is 2. The molecule has 0 amide bonds. The summed E-state index contributed by atoms with van der Waals surface area (Å²) in [4.78, 5) is 16.5. The minimum absolute atomic E-state index is 0.0765. The zero-order valence-electron chi connectivity index (χ0n) is 11.2. The second kappa shape index (κ2) is 7.98. The molecule has 1 rings (SSSR count). The average Bonchev–Trinajstić information content (AvgIpc) is 2.48. The van der Waals surface area contributed by atoms with Crippen LogP contribution < -0.4 is 0 Å². The number of hydrogen-bond donors (Lipinski definition) is 0. The lowest BCUT2D eigenvalue weighted by Gasteiger charge is -2.17. The Morgan fingerprint density at radius 3 is 2.45 bits per heavy atom. The van der Waals surface area contributed by atoms with Gasteiger partial charge in [-0.3, -0.25) is 9.78 Å². The SMILES string of the molecule is CCOC(=O)C(C(SC)=C(C#N)C#N)c1ccncc1.